The number of para-hydroxylation sites is 1. The molecule has 2 N–H and O–H groups in total. The first-order chi connectivity index (χ1) is 8.63. The Morgan fingerprint density at radius 2 is 2.00 bits per heavy atom. The minimum absolute atomic E-state index is 0.224. The molecule has 0 aliphatic heterocycles. The van der Waals surface area contributed by atoms with Crippen LogP contribution >= 0.6 is 27.3 Å². The van der Waals surface area contributed by atoms with E-state index in [1.54, 1.807) is 11.3 Å². The summed E-state index contributed by atoms with van der Waals surface area (Å²) >= 11 is 5.37. The molecule has 1 aromatic heterocycles. The van der Waals surface area contributed by atoms with Crippen molar-refractivity contribution in [3.63, 3.8) is 0 Å². The Kier molecular flexibility index (Phi) is 4.43. The van der Waals surface area contributed by atoms with Crippen molar-refractivity contribution in [2.75, 3.05) is 18.5 Å². The SMILES string of the molecule is Cc1sc(C(CN)N(C)c2ccccc2)cc1Br. The van der Waals surface area contributed by atoms with Gasteiger partial charge in [0.15, 0.2) is 0 Å². The molecule has 0 saturated carbocycles. The first-order valence-electron chi connectivity index (χ1n) is 5.87. The molecule has 0 bridgehead atoms. The van der Waals surface area contributed by atoms with Gasteiger partial charge in [-0.2, -0.15) is 0 Å². The number of likely N-dealkylation sites (N-methyl/N-ethyl adjacent to an activating group) is 1. The predicted octanol–water partition coefficient (Wildman–Crippen LogP) is 3.96. The lowest BCUT2D eigenvalue weighted by molar-refractivity contribution is 0.692. The summed E-state index contributed by atoms with van der Waals surface area (Å²) in [5.41, 5.74) is 7.14. The zero-order valence-electron chi connectivity index (χ0n) is 10.6. The van der Waals surface area contributed by atoms with Crippen LogP contribution in [0.1, 0.15) is 15.8 Å². The van der Waals surface area contributed by atoms with Gasteiger partial charge < -0.3 is 10.6 Å². The van der Waals surface area contributed by atoms with Gasteiger partial charge in [-0.1, -0.05) is 18.2 Å². The lowest BCUT2D eigenvalue weighted by Gasteiger charge is -2.28. The van der Waals surface area contributed by atoms with Gasteiger partial charge in [0.05, 0.1) is 6.04 Å². The number of hydrogen-bond acceptors (Lipinski definition) is 3. The number of hydrogen-bond donors (Lipinski definition) is 1. The maximum Gasteiger partial charge on any atom is 0.0754 e. The standard InChI is InChI=1S/C14H17BrN2S/c1-10-12(15)8-14(18-10)13(9-16)17(2)11-6-4-3-5-7-11/h3-8,13H,9,16H2,1-2H3. The number of anilines is 1. The highest BCUT2D eigenvalue weighted by atomic mass is 79.9. The van der Waals surface area contributed by atoms with Crippen LogP contribution in [0.2, 0.25) is 0 Å². The van der Waals surface area contributed by atoms with Crippen molar-refractivity contribution in [2.45, 2.75) is 13.0 Å². The molecule has 0 aliphatic rings. The van der Waals surface area contributed by atoms with Crippen LogP contribution < -0.4 is 10.6 Å². The summed E-state index contributed by atoms with van der Waals surface area (Å²) in [5, 5.41) is 0. The molecule has 18 heavy (non-hydrogen) atoms. The number of halogens is 1. The van der Waals surface area contributed by atoms with E-state index in [9.17, 15) is 0 Å². The molecule has 2 nitrogen and oxygen atoms in total. The summed E-state index contributed by atoms with van der Waals surface area (Å²) in [6.07, 6.45) is 0. The Morgan fingerprint density at radius 1 is 1.33 bits per heavy atom. The maximum atomic E-state index is 5.95. The quantitative estimate of drug-likeness (QED) is 0.922. The van der Waals surface area contributed by atoms with Crippen molar-refractivity contribution in [3.8, 4) is 0 Å². The fourth-order valence-corrected chi connectivity index (χ4v) is 3.67. The molecule has 0 radical (unpaired) electrons. The zero-order chi connectivity index (χ0) is 13.1. The fourth-order valence-electron chi connectivity index (χ4n) is 1.95. The van der Waals surface area contributed by atoms with E-state index >= 15 is 0 Å². The number of benzene rings is 1. The molecule has 1 atom stereocenters. The smallest absolute Gasteiger partial charge is 0.0754 e. The predicted molar refractivity (Wildman–Crippen MR) is 83.4 cm³/mol. The summed E-state index contributed by atoms with van der Waals surface area (Å²) in [6.45, 7) is 2.73. The highest BCUT2D eigenvalue weighted by molar-refractivity contribution is 9.10. The van der Waals surface area contributed by atoms with Gasteiger partial charge in [0.2, 0.25) is 0 Å². The van der Waals surface area contributed by atoms with Gasteiger partial charge in [-0.05, 0) is 41.1 Å². The fraction of sp³-hybridized carbons (Fsp3) is 0.286. The van der Waals surface area contributed by atoms with Crippen molar-refractivity contribution in [2.24, 2.45) is 5.73 Å². The van der Waals surface area contributed by atoms with Crippen LogP contribution in [0.5, 0.6) is 0 Å². The molecule has 0 fully saturated rings. The molecule has 96 valence electrons. The number of nitrogens with zero attached hydrogens (tertiary/aromatic N) is 1. The Bertz CT molecular complexity index is 490. The van der Waals surface area contributed by atoms with E-state index in [-0.39, 0.29) is 6.04 Å². The second-order valence-corrected chi connectivity index (χ2v) is 6.39. The Hall–Kier alpha value is -0.840. The van der Waals surface area contributed by atoms with Crippen molar-refractivity contribution >= 4 is 33.0 Å². The van der Waals surface area contributed by atoms with Gasteiger partial charge in [0.1, 0.15) is 0 Å². The lowest BCUT2D eigenvalue weighted by Crippen LogP contribution is -2.29. The van der Waals surface area contributed by atoms with Crippen LogP contribution in [0.3, 0.4) is 0 Å². The van der Waals surface area contributed by atoms with E-state index < -0.39 is 0 Å². The van der Waals surface area contributed by atoms with Crippen LogP contribution in [0.4, 0.5) is 5.69 Å². The molecule has 0 aliphatic carbocycles. The summed E-state index contributed by atoms with van der Waals surface area (Å²) in [5.74, 6) is 0. The minimum Gasteiger partial charge on any atom is -0.365 e. The van der Waals surface area contributed by atoms with Gasteiger partial charge in [0.25, 0.3) is 0 Å². The van der Waals surface area contributed by atoms with Gasteiger partial charge in [-0.3, -0.25) is 0 Å². The number of thiophene rings is 1. The van der Waals surface area contributed by atoms with Crippen LogP contribution in [0, 0.1) is 6.92 Å². The Balaban J connectivity index is 2.29. The second-order valence-electron chi connectivity index (χ2n) is 4.25. The normalized spacial score (nSPS) is 12.4. The first kappa shape index (κ1) is 13.6. The molecule has 1 unspecified atom stereocenters. The van der Waals surface area contributed by atoms with Crippen molar-refractivity contribution < 1.29 is 0 Å². The highest BCUT2D eigenvalue weighted by Crippen LogP contribution is 2.34. The van der Waals surface area contributed by atoms with Gasteiger partial charge >= 0.3 is 0 Å². The maximum absolute atomic E-state index is 5.95. The Morgan fingerprint density at radius 3 is 2.50 bits per heavy atom. The molecule has 0 saturated heterocycles. The van der Waals surface area contributed by atoms with Crippen LogP contribution in [-0.4, -0.2) is 13.6 Å². The summed E-state index contributed by atoms with van der Waals surface area (Å²) in [6, 6.07) is 12.8. The van der Waals surface area contributed by atoms with E-state index in [2.05, 4.69) is 65.1 Å². The van der Waals surface area contributed by atoms with Crippen LogP contribution in [0.15, 0.2) is 40.9 Å². The van der Waals surface area contributed by atoms with Crippen molar-refractivity contribution in [3.05, 3.63) is 50.6 Å². The van der Waals surface area contributed by atoms with E-state index in [1.165, 1.54) is 19.9 Å². The number of rotatable bonds is 4. The van der Waals surface area contributed by atoms with E-state index in [4.69, 9.17) is 5.73 Å². The average Bonchev–Trinajstić information content (AvgIpc) is 2.71. The average molecular weight is 325 g/mol. The molecule has 0 spiro atoms. The Labute approximate surface area is 121 Å². The largest absolute Gasteiger partial charge is 0.365 e. The molecular formula is C14H17BrN2S. The number of aryl methyl sites for hydroxylation is 1. The van der Waals surface area contributed by atoms with Crippen molar-refractivity contribution in [1.82, 2.24) is 0 Å². The third-order valence-electron chi connectivity index (χ3n) is 3.06. The summed E-state index contributed by atoms with van der Waals surface area (Å²) in [7, 11) is 2.09. The van der Waals surface area contributed by atoms with Gasteiger partial charge in [0, 0.05) is 33.5 Å². The molecule has 2 rings (SSSR count). The molecular weight excluding hydrogens is 308 g/mol. The molecule has 1 aromatic carbocycles. The molecule has 0 amide bonds. The molecule has 4 heteroatoms. The van der Waals surface area contributed by atoms with Crippen molar-refractivity contribution in [1.29, 1.82) is 0 Å². The van der Waals surface area contributed by atoms with E-state index in [0.29, 0.717) is 6.54 Å². The first-order valence-corrected chi connectivity index (χ1v) is 7.48. The minimum atomic E-state index is 0.224. The van der Waals surface area contributed by atoms with E-state index in [1.807, 2.05) is 6.07 Å². The topological polar surface area (TPSA) is 29.3 Å². The summed E-state index contributed by atoms with van der Waals surface area (Å²) in [4.78, 5) is 4.83. The van der Waals surface area contributed by atoms with Crippen LogP contribution in [0.25, 0.3) is 0 Å². The monoisotopic (exact) mass is 324 g/mol. The zero-order valence-corrected chi connectivity index (χ0v) is 13.0. The van der Waals surface area contributed by atoms with E-state index in [0.717, 1.165) is 0 Å². The second kappa shape index (κ2) is 5.87. The van der Waals surface area contributed by atoms with Gasteiger partial charge in [-0.25, -0.2) is 0 Å². The molecule has 2 aromatic rings. The highest BCUT2D eigenvalue weighted by Gasteiger charge is 2.18. The number of nitrogens with two attached hydrogens (primary N) is 1. The van der Waals surface area contributed by atoms with Crippen LogP contribution in [-0.2, 0) is 0 Å². The lowest BCUT2D eigenvalue weighted by atomic mass is 10.2. The third kappa shape index (κ3) is 2.76. The summed E-state index contributed by atoms with van der Waals surface area (Å²) < 4.78 is 1.17. The molecule has 1 heterocycles. The van der Waals surface area contributed by atoms with Gasteiger partial charge in [-0.15, -0.1) is 11.3 Å². The third-order valence-corrected chi connectivity index (χ3v) is 5.30.